The molecule has 0 spiro atoms. The van der Waals surface area contributed by atoms with Crippen LogP contribution in [0.4, 0.5) is 0 Å². The number of nitrogens with one attached hydrogen (secondary N) is 2. The molecule has 1 aliphatic rings. The molecular weight excluding hydrogens is 257 g/mol. The molecule has 62 valence electrons. The van der Waals surface area contributed by atoms with Gasteiger partial charge in [-0.1, -0.05) is 29.5 Å². The molecule has 1 rings (SSSR count). The lowest BCUT2D eigenvalue weighted by molar-refractivity contribution is -0.117. The zero-order valence-corrected chi connectivity index (χ0v) is 8.38. The van der Waals surface area contributed by atoms with Crippen LogP contribution in [0.2, 0.25) is 0 Å². The molecule has 2 N–H and O–H groups in total. The van der Waals surface area contributed by atoms with Crippen LogP contribution in [0, 0.1) is 0 Å². The monoisotopic (exact) mass is 267 g/mol. The first kappa shape index (κ1) is 8.76. The van der Waals surface area contributed by atoms with Crippen LogP contribution in [0.1, 0.15) is 6.92 Å². The number of amides is 1. The highest BCUT2D eigenvalue weighted by Crippen LogP contribution is 1.95. The van der Waals surface area contributed by atoms with Gasteiger partial charge in [0, 0.05) is 10.5 Å². The van der Waals surface area contributed by atoms with Crippen LogP contribution < -0.4 is 10.6 Å². The summed E-state index contributed by atoms with van der Waals surface area (Å²) in [4.78, 5) is 14.6. The average molecular weight is 267 g/mol. The number of nitrogens with zero attached hydrogens (tertiary/aromatic N) is 1. The van der Waals surface area contributed by atoms with Gasteiger partial charge in [0.25, 0.3) is 0 Å². The molecule has 0 aromatic carbocycles. The smallest absolute Gasteiger partial charge is 0.248 e. The Bertz CT molecular complexity index is 190. The molecule has 0 saturated carbocycles. The second kappa shape index (κ2) is 3.89. The summed E-state index contributed by atoms with van der Waals surface area (Å²) in [5.41, 5.74) is 0. The Balaban J connectivity index is 2.23. The van der Waals surface area contributed by atoms with E-state index < -0.39 is 0 Å². The minimum atomic E-state index is -0.0337. The van der Waals surface area contributed by atoms with E-state index in [1.54, 1.807) is 0 Å². The molecule has 11 heavy (non-hydrogen) atoms. The Morgan fingerprint density at radius 2 is 2.64 bits per heavy atom. The molecule has 0 aromatic rings. The average Bonchev–Trinajstić information content (AvgIpc) is 2.31. The lowest BCUT2D eigenvalue weighted by Gasteiger charge is -2.06. The summed E-state index contributed by atoms with van der Waals surface area (Å²) >= 11 is 2.30. The normalized spacial score (nSPS) is 19.1. The molecule has 0 bridgehead atoms. The molecule has 0 fully saturated rings. The standard InChI is InChI=1S/C6H10IN3O/c1-4(7)2-8-6-9-3-5(11)10-6/h4H,2-3H2,1H3,(H2,8,9,10,11). The van der Waals surface area contributed by atoms with Gasteiger partial charge in [-0.15, -0.1) is 0 Å². The summed E-state index contributed by atoms with van der Waals surface area (Å²) in [5.74, 6) is 0.576. The third kappa shape index (κ3) is 3.04. The fourth-order valence-electron chi connectivity index (χ4n) is 0.699. The molecule has 1 amide bonds. The van der Waals surface area contributed by atoms with Crippen LogP contribution in [0.15, 0.2) is 4.99 Å². The highest BCUT2D eigenvalue weighted by atomic mass is 127. The first-order valence-corrected chi connectivity index (χ1v) is 4.65. The number of halogens is 1. The Labute approximate surface area is 79.0 Å². The van der Waals surface area contributed by atoms with Crippen molar-refractivity contribution < 1.29 is 4.79 Å². The Kier molecular flexibility index (Phi) is 3.10. The molecule has 1 unspecified atom stereocenters. The van der Waals surface area contributed by atoms with E-state index in [-0.39, 0.29) is 12.5 Å². The Morgan fingerprint density at radius 1 is 1.91 bits per heavy atom. The highest BCUT2D eigenvalue weighted by molar-refractivity contribution is 14.1. The maximum Gasteiger partial charge on any atom is 0.248 e. The molecular formula is C6H10IN3O. The summed E-state index contributed by atoms with van der Waals surface area (Å²) in [5, 5.41) is 5.63. The number of carbonyl (C=O) groups excluding carboxylic acids is 1. The van der Waals surface area contributed by atoms with E-state index in [0.29, 0.717) is 9.88 Å². The molecule has 0 saturated heterocycles. The molecule has 0 aliphatic carbocycles. The lowest BCUT2D eigenvalue weighted by atomic mass is 10.5. The first-order chi connectivity index (χ1) is 5.18. The van der Waals surface area contributed by atoms with Crippen LogP contribution in [0.25, 0.3) is 0 Å². The summed E-state index contributed by atoms with van der Waals surface area (Å²) < 4.78 is 0.535. The lowest BCUT2D eigenvalue weighted by Crippen LogP contribution is -2.38. The SMILES string of the molecule is CC(I)CNC1=NCC(=O)N1. The predicted octanol–water partition coefficient (Wildman–Crippen LogP) is -0.115. The Morgan fingerprint density at radius 3 is 3.09 bits per heavy atom. The van der Waals surface area contributed by atoms with Gasteiger partial charge in [0.05, 0.1) is 0 Å². The topological polar surface area (TPSA) is 53.5 Å². The summed E-state index contributed by atoms with van der Waals surface area (Å²) in [6, 6.07) is 0. The molecule has 5 heteroatoms. The largest absolute Gasteiger partial charge is 0.355 e. The van der Waals surface area contributed by atoms with Crippen molar-refractivity contribution in [3.05, 3.63) is 0 Å². The number of hydrogen-bond acceptors (Lipinski definition) is 3. The summed E-state index contributed by atoms with van der Waals surface area (Å²) in [6.07, 6.45) is 0. The molecule has 1 aliphatic heterocycles. The zero-order chi connectivity index (χ0) is 8.27. The number of rotatable bonds is 2. The van der Waals surface area contributed by atoms with Gasteiger partial charge in [0.2, 0.25) is 5.91 Å². The van der Waals surface area contributed by atoms with Crippen molar-refractivity contribution >= 4 is 34.5 Å². The predicted molar refractivity (Wildman–Crippen MR) is 51.9 cm³/mol. The van der Waals surface area contributed by atoms with E-state index in [1.807, 2.05) is 0 Å². The number of aliphatic imine (C=N–C) groups is 1. The molecule has 0 radical (unpaired) electrons. The summed E-state index contributed by atoms with van der Waals surface area (Å²) in [7, 11) is 0. The van der Waals surface area contributed by atoms with Gasteiger partial charge >= 0.3 is 0 Å². The maximum atomic E-state index is 10.6. The van der Waals surface area contributed by atoms with Crippen molar-refractivity contribution in [2.45, 2.75) is 10.8 Å². The van der Waals surface area contributed by atoms with Crippen molar-refractivity contribution in [3.63, 3.8) is 0 Å². The van der Waals surface area contributed by atoms with E-state index in [9.17, 15) is 4.79 Å². The first-order valence-electron chi connectivity index (χ1n) is 3.40. The fourth-order valence-corrected chi connectivity index (χ4v) is 0.920. The van der Waals surface area contributed by atoms with E-state index in [1.165, 1.54) is 0 Å². The van der Waals surface area contributed by atoms with Gasteiger partial charge in [-0.05, 0) is 0 Å². The van der Waals surface area contributed by atoms with Crippen LogP contribution in [-0.4, -0.2) is 28.9 Å². The van der Waals surface area contributed by atoms with E-state index in [2.05, 4.69) is 45.1 Å². The van der Waals surface area contributed by atoms with E-state index in [4.69, 9.17) is 0 Å². The zero-order valence-electron chi connectivity index (χ0n) is 6.22. The van der Waals surface area contributed by atoms with Crippen LogP contribution in [-0.2, 0) is 4.79 Å². The molecule has 1 heterocycles. The fraction of sp³-hybridized carbons (Fsp3) is 0.667. The second-order valence-electron chi connectivity index (χ2n) is 2.37. The van der Waals surface area contributed by atoms with Gasteiger partial charge in [-0.2, -0.15) is 0 Å². The number of alkyl halides is 1. The Hall–Kier alpha value is -0.330. The quantitative estimate of drug-likeness (QED) is 0.541. The van der Waals surface area contributed by atoms with Crippen LogP contribution in [0.5, 0.6) is 0 Å². The van der Waals surface area contributed by atoms with Gasteiger partial charge in [-0.25, -0.2) is 4.99 Å². The molecule has 1 atom stereocenters. The van der Waals surface area contributed by atoms with Crippen LogP contribution in [0.3, 0.4) is 0 Å². The van der Waals surface area contributed by atoms with Gasteiger partial charge < -0.3 is 5.32 Å². The third-order valence-electron chi connectivity index (χ3n) is 1.19. The maximum absolute atomic E-state index is 10.6. The van der Waals surface area contributed by atoms with Gasteiger partial charge in [0.15, 0.2) is 5.96 Å². The van der Waals surface area contributed by atoms with Crippen molar-refractivity contribution in [1.82, 2.24) is 10.6 Å². The van der Waals surface area contributed by atoms with Crippen molar-refractivity contribution in [1.29, 1.82) is 0 Å². The summed E-state index contributed by atoms with van der Waals surface area (Å²) in [6.45, 7) is 3.18. The number of hydrogen-bond donors (Lipinski definition) is 2. The third-order valence-corrected chi connectivity index (χ3v) is 1.63. The van der Waals surface area contributed by atoms with Gasteiger partial charge in [0.1, 0.15) is 6.54 Å². The van der Waals surface area contributed by atoms with Crippen molar-refractivity contribution in [2.24, 2.45) is 4.99 Å². The number of carbonyl (C=O) groups is 1. The van der Waals surface area contributed by atoms with Crippen LogP contribution >= 0.6 is 22.6 Å². The van der Waals surface area contributed by atoms with E-state index >= 15 is 0 Å². The molecule has 0 aromatic heterocycles. The highest BCUT2D eigenvalue weighted by Gasteiger charge is 2.12. The van der Waals surface area contributed by atoms with Crippen molar-refractivity contribution in [2.75, 3.05) is 13.1 Å². The molecule has 4 nitrogen and oxygen atoms in total. The number of guanidine groups is 1. The van der Waals surface area contributed by atoms with E-state index in [0.717, 1.165) is 6.54 Å². The van der Waals surface area contributed by atoms with Crippen molar-refractivity contribution in [3.8, 4) is 0 Å². The second-order valence-corrected chi connectivity index (χ2v) is 4.50. The van der Waals surface area contributed by atoms with Gasteiger partial charge in [-0.3, -0.25) is 10.1 Å². The minimum absolute atomic E-state index is 0.0337. The minimum Gasteiger partial charge on any atom is -0.355 e.